The average molecular weight is 260 g/mol. The number of nitrogens with zero attached hydrogens (tertiary/aromatic N) is 1. The van der Waals surface area contributed by atoms with Gasteiger partial charge >= 0.3 is 0 Å². The number of thiophene rings is 1. The molecular formula is C10H16N2O2S2. The summed E-state index contributed by atoms with van der Waals surface area (Å²) in [5.41, 5.74) is 6.26. The summed E-state index contributed by atoms with van der Waals surface area (Å²) in [6.07, 6.45) is 3.04. The molecule has 0 saturated carbocycles. The van der Waals surface area contributed by atoms with Crippen LogP contribution in [0.5, 0.6) is 0 Å². The van der Waals surface area contributed by atoms with Crippen LogP contribution in [0.3, 0.4) is 0 Å². The second-order valence-electron chi connectivity index (χ2n) is 4.04. The lowest BCUT2D eigenvalue weighted by molar-refractivity contribution is 0.347. The quantitative estimate of drug-likeness (QED) is 0.882. The van der Waals surface area contributed by atoms with Crippen LogP contribution in [-0.2, 0) is 10.0 Å². The summed E-state index contributed by atoms with van der Waals surface area (Å²) in [6.45, 7) is 3.12. The highest BCUT2D eigenvalue weighted by Crippen LogP contribution is 2.30. The van der Waals surface area contributed by atoms with Crippen molar-refractivity contribution in [2.75, 3.05) is 18.8 Å². The summed E-state index contributed by atoms with van der Waals surface area (Å²) in [5.74, 6) is 0. The summed E-state index contributed by atoms with van der Waals surface area (Å²) >= 11 is 1.26. The number of anilines is 1. The van der Waals surface area contributed by atoms with E-state index in [2.05, 4.69) is 0 Å². The fourth-order valence-electron chi connectivity index (χ4n) is 1.83. The van der Waals surface area contributed by atoms with Crippen LogP contribution in [-0.4, -0.2) is 25.8 Å². The second kappa shape index (κ2) is 4.35. The summed E-state index contributed by atoms with van der Waals surface area (Å²) < 4.78 is 26.4. The third-order valence-corrected chi connectivity index (χ3v) is 6.26. The van der Waals surface area contributed by atoms with Crippen LogP contribution in [0.15, 0.2) is 10.3 Å². The smallest absolute Gasteiger partial charge is 0.252 e. The van der Waals surface area contributed by atoms with Gasteiger partial charge in [0.15, 0.2) is 0 Å². The number of hydrogen-bond acceptors (Lipinski definition) is 4. The Balaban J connectivity index is 2.30. The van der Waals surface area contributed by atoms with Crippen molar-refractivity contribution in [3.63, 3.8) is 0 Å². The molecule has 4 nitrogen and oxygen atoms in total. The number of nitrogens with two attached hydrogens (primary N) is 1. The van der Waals surface area contributed by atoms with Crippen molar-refractivity contribution in [3.8, 4) is 0 Å². The molecule has 16 heavy (non-hydrogen) atoms. The molecule has 0 bridgehead atoms. The number of sulfonamides is 1. The van der Waals surface area contributed by atoms with Gasteiger partial charge in [0.25, 0.3) is 10.0 Å². The Morgan fingerprint density at radius 1 is 1.31 bits per heavy atom. The van der Waals surface area contributed by atoms with Crippen molar-refractivity contribution >= 4 is 27.0 Å². The average Bonchev–Trinajstić information content (AvgIpc) is 2.61. The molecule has 2 N–H and O–H groups in total. The van der Waals surface area contributed by atoms with Gasteiger partial charge in [-0.1, -0.05) is 6.42 Å². The van der Waals surface area contributed by atoms with E-state index >= 15 is 0 Å². The first-order valence-electron chi connectivity index (χ1n) is 5.38. The molecule has 0 atom stereocenters. The maximum absolute atomic E-state index is 12.2. The third kappa shape index (κ3) is 2.09. The maximum atomic E-state index is 12.2. The highest BCUT2D eigenvalue weighted by atomic mass is 32.2. The van der Waals surface area contributed by atoms with Gasteiger partial charge in [-0.25, -0.2) is 8.42 Å². The first kappa shape index (κ1) is 11.9. The summed E-state index contributed by atoms with van der Waals surface area (Å²) in [7, 11) is -3.29. The Morgan fingerprint density at radius 3 is 2.44 bits per heavy atom. The molecule has 0 radical (unpaired) electrons. The largest absolute Gasteiger partial charge is 0.398 e. The molecule has 0 aromatic carbocycles. The highest BCUT2D eigenvalue weighted by Gasteiger charge is 2.27. The van der Waals surface area contributed by atoms with Gasteiger partial charge in [0.05, 0.1) is 0 Å². The van der Waals surface area contributed by atoms with Crippen molar-refractivity contribution in [1.82, 2.24) is 4.31 Å². The normalized spacial score (nSPS) is 18.8. The zero-order valence-electron chi connectivity index (χ0n) is 9.27. The fraction of sp³-hybridized carbons (Fsp3) is 0.600. The number of rotatable bonds is 2. The van der Waals surface area contributed by atoms with Crippen LogP contribution >= 0.6 is 11.3 Å². The Bertz CT molecular complexity index is 454. The molecule has 90 valence electrons. The molecule has 0 unspecified atom stereocenters. The Kier molecular flexibility index (Phi) is 3.23. The van der Waals surface area contributed by atoms with Gasteiger partial charge in [-0.15, -0.1) is 11.3 Å². The number of piperidine rings is 1. The van der Waals surface area contributed by atoms with Gasteiger partial charge < -0.3 is 5.73 Å². The maximum Gasteiger partial charge on any atom is 0.252 e. The van der Waals surface area contributed by atoms with Gasteiger partial charge in [-0.05, 0) is 25.8 Å². The molecule has 1 aliphatic heterocycles. The fourth-order valence-corrected chi connectivity index (χ4v) is 4.87. The van der Waals surface area contributed by atoms with Crippen molar-refractivity contribution in [2.45, 2.75) is 30.4 Å². The minimum Gasteiger partial charge on any atom is -0.398 e. The second-order valence-corrected chi connectivity index (χ2v) is 7.46. The van der Waals surface area contributed by atoms with Gasteiger partial charge in [0.1, 0.15) is 4.21 Å². The zero-order valence-corrected chi connectivity index (χ0v) is 10.9. The monoisotopic (exact) mass is 260 g/mol. The summed E-state index contributed by atoms with van der Waals surface area (Å²) in [5, 5.41) is 0. The predicted octanol–water partition coefficient (Wildman–Crippen LogP) is 1.81. The predicted molar refractivity (Wildman–Crippen MR) is 66.1 cm³/mol. The molecule has 1 aromatic heterocycles. The molecule has 1 saturated heterocycles. The van der Waals surface area contributed by atoms with E-state index in [1.165, 1.54) is 11.3 Å². The van der Waals surface area contributed by atoms with Gasteiger partial charge in [-0.3, -0.25) is 0 Å². The molecule has 0 spiro atoms. The van der Waals surface area contributed by atoms with E-state index in [0.717, 1.165) is 24.1 Å². The molecule has 2 heterocycles. The van der Waals surface area contributed by atoms with E-state index in [9.17, 15) is 8.42 Å². The van der Waals surface area contributed by atoms with Crippen LogP contribution in [0.2, 0.25) is 0 Å². The van der Waals surface area contributed by atoms with Crippen molar-refractivity contribution in [3.05, 3.63) is 10.9 Å². The Hall–Kier alpha value is -0.590. The molecule has 6 heteroatoms. The minimum absolute atomic E-state index is 0.379. The lowest BCUT2D eigenvalue weighted by Crippen LogP contribution is -2.35. The number of nitrogen functional groups attached to an aromatic ring is 1. The first-order valence-corrected chi connectivity index (χ1v) is 7.63. The van der Waals surface area contributed by atoms with E-state index in [4.69, 9.17) is 5.73 Å². The molecule has 1 aromatic rings. The van der Waals surface area contributed by atoms with Gasteiger partial charge in [0, 0.05) is 23.7 Å². The molecule has 1 fully saturated rings. The molecule has 0 aliphatic carbocycles. The number of aryl methyl sites for hydroxylation is 1. The van der Waals surface area contributed by atoms with E-state index < -0.39 is 10.0 Å². The van der Waals surface area contributed by atoms with Gasteiger partial charge in [-0.2, -0.15) is 4.31 Å². The van der Waals surface area contributed by atoms with Gasteiger partial charge in [0.2, 0.25) is 0 Å². The topological polar surface area (TPSA) is 63.4 Å². The van der Waals surface area contributed by atoms with E-state index in [-0.39, 0.29) is 0 Å². The standard InChI is InChI=1S/C10H16N2O2S2/c1-8-9(11)7-10(15-8)16(13,14)12-5-3-2-4-6-12/h7H,2-6,11H2,1H3. The Labute approximate surface area is 100 Å². The zero-order chi connectivity index (χ0) is 11.8. The van der Waals surface area contributed by atoms with Crippen molar-refractivity contribution in [1.29, 1.82) is 0 Å². The van der Waals surface area contributed by atoms with E-state index in [0.29, 0.717) is 23.0 Å². The molecule has 1 aliphatic rings. The lowest BCUT2D eigenvalue weighted by atomic mass is 10.2. The van der Waals surface area contributed by atoms with E-state index in [1.54, 1.807) is 10.4 Å². The van der Waals surface area contributed by atoms with Crippen LogP contribution in [0, 0.1) is 6.92 Å². The van der Waals surface area contributed by atoms with E-state index in [1.807, 2.05) is 6.92 Å². The van der Waals surface area contributed by atoms with Crippen LogP contribution in [0.25, 0.3) is 0 Å². The van der Waals surface area contributed by atoms with Crippen LogP contribution in [0.1, 0.15) is 24.1 Å². The SMILES string of the molecule is Cc1sc(S(=O)(=O)N2CCCCC2)cc1N. The third-order valence-electron chi connectivity index (χ3n) is 2.84. The molecule has 0 amide bonds. The number of hydrogen-bond donors (Lipinski definition) is 1. The van der Waals surface area contributed by atoms with Crippen molar-refractivity contribution < 1.29 is 8.42 Å². The summed E-state index contributed by atoms with van der Waals surface area (Å²) in [4.78, 5) is 0.871. The molecular weight excluding hydrogens is 244 g/mol. The lowest BCUT2D eigenvalue weighted by Gasteiger charge is -2.25. The first-order chi connectivity index (χ1) is 7.51. The van der Waals surface area contributed by atoms with Crippen LogP contribution < -0.4 is 5.73 Å². The van der Waals surface area contributed by atoms with Crippen LogP contribution in [0.4, 0.5) is 5.69 Å². The minimum atomic E-state index is -3.29. The molecule has 2 rings (SSSR count). The highest BCUT2D eigenvalue weighted by molar-refractivity contribution is 7.91. The Morgan fingerprint density at radius 2 is 1.94 bits per heavy atom. The van der Waals surface area contributed by atoms with Crippen molar-refractivity contribution in [2.24, 2.45) is 0 Å². The summed E-state index contributed by atoms with van der Waals surface area (Å²) in [6, 6.07) is 1.57.